The fourth-order valence-electron chi connectivity index (χ4n) is 1.87. The molecule has 0 fully saturated rings. The number of rotatable bonds is 9. The molecule has 0 heterocycles. The highest BCUT2D eigenvalue weighted by molar-refractivity contribution is 5.76. The molecule has 106 valence electrons. The van der Waals surface area contributed by atoms with E-state index in [1.165, 1.54) is 0 Å². The van der Waals surface area contributed by atoms with Gasteiger partial charge in [0.1, 0.15) is 0 Å². The number of nitrogens with one attached hydrogen (secondary N) is 1. The maximum absolute atomic E-state index is 11.6. The van der Waals surface area contributed by atoms with Crippen LogP contribution >= 0.6 is 0 Å². The first kappa shape index (κ1) is 15.5. The maximum Gasteiger partial charge on any atom is 0.220 e. The van der Waals surface area contributed by atoms with E-state index in [4.69, 9.17) is 10.5 Å². The van der Waals surface area contributed by atoms with E-state index in [0.29, 0.717) is 6.42 Å². The Bertz CT molecular complexity index is 380. The number of benzene rings is 1. The molecule has 1 rings (SSSR count). The predicted molar refractivity (Wildman–Crippen MR) is 77.9 cm³/mol. The number of unbranched alkanes of at least 4 members (excludes halogenated alkanes) is 2. The van der Waals surface area contributed by atoms with Crippen molar-refractivity contribution in [1.29, 1.82) is 0 Å². The first-order chi connectivity index (χ1) is 9.22. The Labute approximate surface area is 115 Å². The molecular weight excluding hydrogens is 240 g/mol. The summed E-state index contributed by atoms with van der Waals surface area (Å²) >= 11 is 0. The van der Waals surface area contributed by atoms with Crippen LogP contribution in [-0.2, 0) is 16.0 Å². The monoisotopic (exact) mass is 264 g/mol. The van der Waals surface area contributed by atoms with Crippen molar-refractivity contribution in [2.75, 3.05) is 26.0 Å². The number of carbonyl (C=O) groups excluding carboxylic acids is 1. The third-order valence-electron chi connectivity index (χ3n) is 2.94. The molecule has 0 unspecified atom stereocenters. The lowest BCUT2D eigenvalue weighted by Crippen LogP contribution is -2.24. The van der Waals surface area contributed by atoms with E-state index in [1.54, 1.807) is 7.11 Å². The van der Waals surface area contributed by atoms with Crippen molar-refractivity contribution in [3.05, 3.63) is 29.8 Å². The van der Waals surface area contributed by atoms with Crippen molar-refractivity contribution in [1.82, 2.24) is 5.32 Å². The second kappa shape index (κ2) is 9.39. The van der Waals surface area contributed by atoms with Gasteiger partial charge in [-0.2, -0.15) is 0 Å². The Morgan fingerprint density at radius 1 is 1.32 bits per heavy atom. The standard InChI is InChI=1S/C15H24N2O2/c1-19-11-4-2-3-10-17-15(18)9-8-13-6-5-7-14(16)12-13/h5-7,12H,2-4,8-11,16H2,1H3,(H,17,18). The molecule has 0 aliphatic heterocycles. The number of nitrogen functional groups attached to an aromatic ring is 1. The molecule has 0 atom stereocenters. The topological polar surface area (TPSA) is 64.3 Å². The molecule has 0 aromatic heterocycles. The van der Waals surface area contributed by atoms with Gasteiger partial charge in [-0.25, -0.2) is 0 Å². The average molecular weight is 264 g/mol. The van der Waals surface area contributed by atoms with E-state index in [2.05, 4.69) is 5.32 Å². The summed E-state index contributed by atoms with van der Waals surface area (Å²) in [7, 11) is 1.71. The number of amides is 1. The van der Waals surface area contributed by atoms with Crippen LogP contribution < -0.4 is 11.1 Å². The van der Waals surface area contributed by atoms with Crippen LogP contribution in [0.25, 0.3) is 0 Å². The normalized spacial score (nSPS) is 10.4. The molecule has 0 aliphatic carbocycles. The Morgan fingerprint density at radius 2 is 2.16 bits per heavy atom. The van der Waals surface area contributed by atoms with Gasteiger partial charge >= 0.3 is 0 Å². The molecule has 0 spiro atoms. The molecule has 1 aromatic rings. The first-order valence-electron chi connectivity index (χ1n) is 6.82. The number of carbonyl (C=O) groups is 1. The molecule has 0 aliphatic rings. The largest absolute Gasteiger partial charge is 0.399 e. The van der Waals surface area contributed by atoms with Gasteiger partial charge in [-0.3, -0.25) is 4.79 Å². The van der Waals surface area contributed by atoms with Gasteiger partial charge in [-0.15, -0.1) is 0 Å². The Morgan fingerprint density at radius 3 is 2.89 bits per heavy atom. The van der Waals surface area contributed by atoms with Gasteiger partial charge in [-0.1, -0.05) is 12.1 Å². The lowest BCUT2D eigenvalue weighted by molar-refractivity contribution is -0.121. The Balaban J connectivity index is 2.08. The molecule has 19 heavy (non-hydrogen) atoms. The van der Waals surface area contributed by atoms with Crippen molar-refractivity contribution < 1.29 is 9.53 Å². The molecule has 3 N–H and O–H groups in total. The SMILES string of the molecule is COCCCCCNC(=O)CCc1cccc(N)c1. The van der Waals surface area contributed by atoms with Crippen molar-refractivity contribution in [2.24, 2.45) is 0 Å². The lowest BCUT2D eigenvalue weighted by Gasteiger charge is -2.06. The zero-order valence-corrected chi connectivity index (χ0v) is 11.7. The van der Waals surface area contributed by atoms with Gasteiger partial charge < -0.3 is 15.8 Å². The molecule has 4 heteroatoms. The number of ether oxygens (including phenoxy) is 1. The number of hydrogen-bond donors (Lipinski definition) is 2. The highest BCUT2D eigenvalue weighted by atomic mass is 16.5. The van der Waals surface area contributed by atoms with E-state index in [1.807, 2.05) is 24.3 Å². The number of anilines is 1. The van der Waals surface area contributed by atoms with Crippen molar-refractivity contribution in [3.8, 4) is 0 Å². The van der Waals surface area contributed by atoms with E-state index >= 15 is 0 Å². The zero-order valence-electron chi connectivity index (χ0n) is 11.7. The summed E-state index contributed by atoms with van der Waals surface area (Å²) in [6.07, 6.45) is 4.40. The quantitative estimate of drug-likeness (QED) is 0.530. The second-order valence-corrected chi connectivity index (χ2v) is 4.65. The second-order valence-electron chi connectivity index (χ2n) is 4.65. The molecule has 0 saturated heterocycles. The fourth-order valence-corrected chi connectivity index (χ4v) is 1.87. The summed E-state index contributed by atoms with van der Waals surface area (Å²) in [4.78, 5) is 11.6. The van der Waals surface area contributed by atoms with Crippen LogP contribution in [0.2, 0.25) is 0 Å². The minimum atomic E-state index is 0.106. The highest BCUT2D eigenvalue weighted by Gasteiger charge is 2.02. The number of aryl methyl sites for hydroxylation is 1. The minimum Gasteiger partial charge on any atom is -0.399 e. The molecule has 1 amide bonds. The minimum absolute atomic E-state index is 0.106. The van der Waals surface area contributed by atoms with E-state index in [-0.39, 0.29) is 5.91 Å². The molecule has 1 aromatic carbocycles. The summed E-state index contributed by atoms with van der Waals surface area (Å²) in [5, 5.41) is 2.93. The maximum atomic E-state index is 11.6. The predicted octanol–water partition coefficient (Wildman–Crippen LogP) is 2.13. The number of nitrogens with two attached hydrogens (primary N) is 1. The summed E-state index contributed by atoms with van der Waals surface area (Å²) in [5.74, 6) is 0.106. The Hall–Kier alpha value is -1.55. The van der Waals surface area contributed by atoms with Gasteiger partial charge in [0.05, 0.1) is 0 Å². The number of hydrogen-bond acceptors (Lipinski definition) is 3. The summed E-state index contributed by atoms with van der Waals surface area (Å²) in [6, 6.07) is 7.67. The average Bonchev–Trinajstić information content (AvgIpc) is 2.40. The zero-order chi connectivity index (χ0) is 13.9. The first-order valence-corrected chi connectivity index (χ1v) is 6.82. The number of methoxy groups -OCH3 is 1. The van der Waals surface area contributed by atoms with Crippen LogP contribution in [0.3, 0.4) is 0 Å². The van der Waals surface area contributed by atoms with Gasteiger partial charge in [0.25, 0.3) is 0 Å². The highest BCUT2D eigenvalue weighted by Crippen LogP contribution is 2.08. The fraction of sp³-hybridized carbons (Fsp3) is 0.533. The van der Waals surface area contributed by atoms with E-state index < -0.39 is 0 Å². The smallest absolute Gasteiger partial charge is 0.220 e. The Kier molecular flexibility index (Phi) is 7.66. The van der Waals surface area contributed by atoms with Crippen LogP contribution in [0.5, 0.6) is 0 Å². The van der Waals surface area contributed by atoms with Crippen LogP contribution in [0.15, 0.2) is 24.3 Å². The third kappa shape index (κ3) is 7.47. The van der Waals surface area contributed by atoms with Gasteiger partial charge in [-0.05, 0) is 43.4 Å². The van der Waals surface area contributed by atoms with Crippen LogP contribution in [0.4, 0.5) is 5.69 Å². The lowest BCUT2D eigenvalue weighted by atomic mass is 10.1. The van der Waals surface area contributed by atoms with Crippen molar-refractivity contribution in [2.45, 2.75) is 32.1 Å². The molecule has 0 bridgehead atoms. The third-order valence-corrected chi connectivity index (χ3v) is 2.94. The van der Waals surface area contributed by atoms with E-state index in [0.717, 1.165) is 50.1 Å². The van der Waals surface area contributed by atoms with Crippen molar-refractivity contribution >= 4 is 11.6 Å². The van der Waals surface area contributed by atoms with Crippen molar-refractivity contribution in [3.63, 3.8) is 0 Å². The van der Waals surface area contributed by atoms with Gasteiger partial charge in [0.2, 0.25) is 5.91 Å². The molecule has 0 saturated carbocycles. The van der Waals surface area contributed by atoms with Crippen LogP contribution in [-0.4, -0.2) is 26.2 Å². The van der Waals surface area contributed by atoms with Gasteiger partial charge in [0.15, 0.2) is 0 Å². The summed E-state index contributed by atoms with van der Waals surface area (Å²) < 4.78 is 4.97. The molecule has 0 radical (unpaired) electrons. The van der Waals surface area contributed by atoms with Crippen LogP contribution in [0, 0.1) is 0 Å². The molecular formula is C15H24N2O2. The van der Waals surface area contributed by atoms with E-state index in [9.17, 15) is 4.79 Å². The molecule has 4 nitrogen and oxygen atoms in total. The summed E-state index contributed by atoms with van der Waals surface area (Å²) in [6.45, 7) is 1.54. The van der Waals surface area contributed by atoms with Crippen LogP contribution in [0.1, 0.15) is 31.2 Å². The summed E-state index contributed by atoms with van der Waals surface area (Å²) in [5.41, 5.74) is 7.55. The van der Waals surface area contributed by atoms with Gasteiger partial charge in [0, 0.05) is 32.4 Å².